The van der Waals surface area contributed by atoms with Gasteiger partial charge in [0.15, 0.2) is 0 Å². The lowest BCUT2D eigenvalue weighted by Gasteiger charge is -2.14. The van der Waals surface area contributed by atoms with Gasteiger partial charge in [0, 0.05) is 10.8 Å². The first-order chi connectivity index (χ1) is 9.79. The van der Waals surface area contributed by atoms with E-state index in [0.717, 1.165) is 10.7 Å². The molecule has 0 saturated carbocycles. The summed E-state index contributed by atoms with van der Waals surface area (Å²) in [6.07, 6.45) is 0. The van der Waals surface area contributed by atoms with Crippen molar-refractivity contribution >= 4 is 34.6 Å². The predicted molar refractivity (Wildman–Crippen MR) is 85.8 cm³/mol. The highest BCUT2D eigenvalue weighted by Gasteiger charge is 2.18. The molecular formula is C15H17ClN2O2S. The Morgan fingerprint density at radius 2 is 2.14 bits per heavy atom. The molecule has 1 aromatic carbocycles. The first kappa shape index (κ1) is 15.8. The maximum atomic E-state index is 12.0. The molecule has 0 unspecified atom stereocenters. The molecule has 0 aliphatic heterocycles. The summed E-state index contributed by atoms with van der Waals surface area (Å²) in [5.41, 5.74) is 7.25. The minimum Gasteiger partial charge on any atom is -0.455 e. The fourth-order valence-corrected chi connectivity index (χ4v) is 2.75. The molecule has 4 nitrogen and oxygen atoms in total. The molecule has 0 bridgehead atoms. The van der Waals surface area contributed by atoms with Gasteiger partial charge in [0.1, 0.15) is 11.6 Å². The van der Waals surface area contributed by atoms with Crippen molar-refractivity contribution in [2.45, 2.75) is 32.8 Å². The lowest BCUT2D eigenvalue weighted by molar-refractivity contribution is 0.0473. The highest BCUT2D eigenvalue weighted by molar-refractivity contribution is 7.09. The van der Waals surface area contributed by atoms with Gasteiger partial charge >= 0.3 is 5.97 Å². The van der Waals surface area contributed by atoms with Gasteiger partial charge in [-0.3, -0.25) is 0 Å². The number of para-hydroxylation sites is 1. The van der Waals surface area contributed by atoms with Crippen LogP contribution in [0.25, 0.3) is 0 Å². The fourth-order valence-electron chi connectivity index (χ4n) is 1.64. The van der Waals surface area contributed by atoms with Crippen LogP contribution in [0.4, 0.5) is 5.69 Å². The molecule has 0 aliphatic rings. The summed E-state index contributed by atoms with van der Waals surface area (Å²) >= 11 is 7.36. The van der Waals surface area contributed by atoms with Gasteiger partial charge in [-0.05, 0) is 12.1 Å². The van der Waals surface area contributed by atoms with Gasteiger partial charge in [-0.1, -0.05) is 38.4 Å². The minimum atomic E-state index is -0.498. The Labute approximate surface area is 132 Å². The Kier molecular flexibility index (Phi) is 4.54. The number of aromatic nitrogens is 1. The number of ether oxygens (including phenoxy) is 1. The third kappa shape index (κ3) is 3.74. The second kappa shape index (κ2) is 6.03. The molecule has 0 spiro atoms. The van der Waals surface area contributed by atoms with Gasteiger partial charge < -0.3 is 10.5 Å². The number of halogens is 1. The van der Waals surface area contributed by atoms with Crippen LogP contribution in [0, 0.1) is 0 Å². The Hall–Kier alpha value is -1.59. The number of anilines is 1. The number of nitrogens with zero attached hydrogens (tertiary/aromatic N) is 1. The molecule has 21 heavy (non-hydrogen) atoms. The number of carbonyl (C=O) groups excluding carboxylic acids is 1. The summed E-state index contributed by atoms with van der Waals surface area (Å²) in [5, 5.41) is 3.08. The van der Waals surface area contributed by atoms with Crippen LogP contribution in [0.3, 0.4) is 0 Å². The molecule has 0 saturated heterocycles. The van der Waals surface area contributed by atoms with E-state index in [0.29, 0.717) is 5.02 Å². The lowest BCUT2D eigenvalue weighted by atomic mass is 9.93. The smallest absolute Gasteiger partial charge is 0.340 e. The van der Waals surface area contributed by atoms with Crippen molar-refractivity contribution in [1.82, 2.24) is 4.98 Å². The van der Waals surface area contributed by atoms with Gasteiger partial charge in [-0.25, -0.2) is 9.78 Å². The molecule has 0 amide bonds. The highest BCUT2D eigenvalue weighted by atomic mass is 35.5. The quantitative estimate of drug-likeness (QED) is 0.683. The number of esters is 1. The van der Waals surface area contributed by atoms with Crippen LogP contribution in [-0.2, 0) is 16.8 Å². The van der Waals surface area contributed by atoms with Gasteiger partial charge in [0.2, 0.25) is 0 Å². The van der Waals surface area contributed by atoms with Crippen molar-refractivity contribution in [3.8, 4) is 0 Å². The first-order valence-corrected chi connectivity index (χ1v) is 7.71. The molecule has 0 atom stereocenters. The predicted octanol–water partition coefficient (Wildman–Crippen LogP) is 4.03. The number of hydrogen-bond acceptors (Lipinski definition) is 5. The highest BCUT2D eigenvalue weighted by Crippen LogP contribution is 2.25. The Balaban J connectivity index is 2.05. The van der Waals surface area contributed by atoms with E-state index in [1.165, 1.54) is 11.3 Å². The van der Waals surface area contributed by atoms with Crippen molar-refractivity contribution in [2.75, 3.05) is 5.73 Å². The SMILES string of the molecule is CC(C)(C)c1csc(COC(=O)c2cccc(Cl)c2N)n1. The van der Waals surface area contributed by atoms with Gasteiger partial charge in [-0.2, -0.15) is 0 Å². The molecule has 0 radical (unpaired) electrons. The van der Waals surface area contributed by atoms with Crippen LogP contribution in [0.5, 0.6) is 0 Å². The second-order valence-electron chi connectivity index (χ2n) is 5.65. The Morgan fingerprint density at radius 1 is 1.43 bits per heavy atom. The standard InChI is InChI=1S/C15H17ClN2O2S/c1-15(2,3)11-8-21-12(18-11)7-20-14(19)9-5-4-6-10(16)13(9)17/h4-6,8H,7,17H2,1-3H3. The zero-order chi connectivity index (χ0) is 15.6. The molecule has 0 fully saturated rings. The summed E-state index contributed by atoms with van der Waals surface area (Å²) in [6.45, 7) is 6.39. The zero-order valence-corrected chi connectivity index (χ0v) is 13.7. The van der Waals surface area contributed by atoms with Crippen molar-refractivity contribution in [3.05, 3.63) is 44.9 Å². The Morgan fingerprint density at radius 3 is 2.76 bits per heavy atom. The van der Waals surface area contributed by atoms with Crippen LogP contribution in [0.1, 0.15) is 41.8 Å². The van der Waals surface area contributed by atoms with Crippen LogP contribution in [-0.4, -0.2) is 11.0 Å². The molecule has 2 aromatic rings. The van der Waals surface area contributed by atoms with E-state index < -0.39 is 5.97 Å². The van der Waals surface area contributed by atoms with Crippen molar-refractivity contribution in [3.63, 3.8) is 0 Å². The summed E-state index contributed by atoms with van der Waals surface area (Å²) in [4.78, 5) is 16.5. The lowest BCUT2D eigenvalue weighted by Crippen LogP contribution is -2.12. The number of benzene rings is 1. The number of rotatable bonds is 3. The van der Waals surface area contributed by atoms with Gasteiger partial charge in [-0.15, -0.1) is 11.3 Å². The first-order valence-electron chi connectivity index (χ1n) is 6.45. The maximum absolute atomic E-state index is 12.0. The third-order valence-corrected chi connectivity index (χ3v) is 4.07. The molecule has 2 N–H and O–H groups in total. The average molecular weight is 325 g/mol. The molecular weight excluding hydrogens is 308 g/mol. The fraction of sp³-hybridized carbons (Fsp3) is 0.333. The van der Waals surface area contributed by atoms with Crippen LogP contribution in [0.2, 0.25) is 5.02 Å². The number of nitrogens with two attached hydrogens (primary N) is 1. The van der Waals surface area contributed by atoms with E-state index in [-0.39, 0.29) is 23.3 Å². The average Bonchev–Trinajstić information content (AvgIpc) is 2.88. The van der Waals surface area contributed by atoms with Crippen LogP contribution < -0.4 is 5.73 Å². The van der Waals surface area contributed by atoms with Crippen molar-refractivity contribution in [1.29, 1.82) is 0 Å². The zero-order valence-electron chi connectivity index (χ0n) is 12.1. The van der Waals surface area contributed by atoms with E-state index >= 15 is 0 Å². The largest absolute Gasteiger partial charge is 0.455 e. The topological polar surface area (TPSA) is 65.2 Å². The third-order valence-electron chi connectivity index (χ3n) is 2.92. The number of thiazole rings is 1. The number of nitrogen functional groups attached to an aromatic ring is 1. The number of carbonyl (C=O) groups is 1. The van der Waals surface area contributed by atoms with Crippen LogP contribution >= 0.6 is 22.9 Å². The minimum absolute atomic E-state index is 0.0177. The van der Waals surface area contributed by atoms with Crippen LogP contribution in [0.15, 0.2) is 23.6 Å². The van der Waals surface area contributed by atoms with E-state index in [1.54, 1.807) is 18.2 Å². The van der Waals surface area contributed by atoms with Gasteiger partial charge in [0.05, 0.1) is 22.0 Å². The molecule has 1 aromatic heterocycles. The normalized spacial score (nSPS) is 11.4. The number of hydrogen-bond donors (Lipinski definition) is 1. The Bertz CT molecular complexity index is 662. The molecule has 112 valence electrons. The maximum Gasteiger partial charge on any atom is 0.340 e. The van der Waals surface area contributed by atoms with E-state index in [4.69, 9.17) is 22.1 Å². The summed E-state index contributed by atoms with van der Waals surface area (Å²) < 4.78 is 5.25. The van der Waals surface area contributed by atoms with Gasteiger partial charge in [0.25, 0.3) is 0 Å². The molecule has 2 rings (SSSR count). The molecule has 1 heterocycles. The summed E-state index contributed by atoms with van der Waals surface area (Å²) in [6, 6.07) is 4.88. The van der Waals surface area contributed by atoms with E-state index in [1.807, 2.05) is 5.38 Å². The van der Waals surface area contributed by atoms with E-state index in [2.05, 4.69) is 25.8 Å². The monoisotopic (exact) mass is 324 g/mol. The van der Waals surface area contributed by atoms with Crippen molar-refractivity contribution < 1.29 is 9.53 Å². The summed E-state index contributed by atoms with van der Waals surface area (Å²) in [5.74, 6) is -0.498. The van der Waals surface area contributed by atoms with Crippen molar-refractivity contribution in [2.24, 2.45) is 0 Å². The summed E-state index contributed by atoms with van der Waals surface area (Å²) in [7, 11) is 0. The second-order valence-corrected chi connectivity index (χ2v) is 7.00. The molecule has 6 heteroatoms. The van der Waals surface area contributed by atoms with E-state index in [9.17, 15) is 4.79 Å². The molecule has 0 aliphatic carbocycles.